The third-order valence-electron chi connectivity index (χ3n) is 6.28. The Labute approximate surface area is 231 Å². The number of esters is 1. The molecule has 0 spiro atoms. The molecule has 0 aliphatic rings. The second-order valence-corrected chi connectivity index (χ2v) is 9.92. The van der Waals surface area contributed by atoms with Crippen LogP contribution in [0.5, 0.6) is 0 Å². The van der Waals surface area contributed by atoms with Crippen LogP contribution < -0.4 is 10.6 Å². The number of Topliss-reactive ketones (excluding diaryl/α,β-unsaturated/α-hetero) is 1. The van der Waals surface area contributed by atoms with Gasteiger partial charge in [-0.15, -0.1) is 0 Å². The fourth-order valence-corrected chi connectivity index (χ4v) is 3.97. The first-order valence-electron chi connectivity index (χ1n) is 14.9. The maximum absolute atomic E-state index is 11.9. The number of hydrogen-bond acceptors (Lipinski definition) is 6. The van der Waals surface area contributed by atoms with Crippen molar-refractivity contribution in [1.82, 2.24) is 10.6 Å². The van der Waals surface area contributed by atoms with Gasteiger partial charge in [0.15, 0.2) is 5.78 Å². The van der Waals surface area contributed by atoms with Crippen molar-refractivity contribution in [3.63, 3.8) is 0 Å². The first kappa shape index (κ1) is 35.6. The summed E-state index contributed by atoms with van der Waals surface area (Å²) in [6, 6.07) is 0. The minimum atomic E-state index is -1.01. The molecule has 2 N–H and O–H groups in total. The molecule has 0 radical (unpaired) electrons. The lowest BCUT2D eigenvalue weighted by Gasteiger charge is -2.14. The van der Waals surface area contributed by atoms with E-state index in [0.717, 1.165) is 44.9 Å². The van der Waals surface area contributed by atoms with Crippen molar-refractivity contribution in [2.45, 2.75) is 142 Å². The van der Waals surface area contributed by atoms with Gasteiger partial charge < -0.3 is 20.1 Å². The Morgan fingerprint density at radius 1 is 0.684 bits per heavy atom. The van der Waals surface area contributed by atoms with Crippen LogP contribution in [0, 0.1) is 0 Å². The van der Waals surface area contributed by atoms with E-state index in [1.54, 1.807) is 7.05 Å². The van der Waals surface area contributed by atoms with Crippen molar-refractivity contribution in [2.75, 3.05) is 13.6 Å². The molecular weight excluding hydrogens is 484 g/mol. The predicted molar refractivity (Wildman–Crippen MR) is 152 cm³/mol. The highest BCUT2D eigenvalue weighted by Crippen LogP contribution is 2.11. The van der Waals surface area contributed by atoms with Gasteiger partial charge in [0.1, 0.15) is 0 Å². The summed E-state index contributed by atoms with van der Waals surface area (Å²) >= 11 is 0. The highest BCUT2D eigenvalue weighted by Gasteiger charge is 2.14. The lowest BCUT2D eigenvalue weighted by Crippen LogP contribution is -2.33. The van der Waals surface area contributed by atoms with Crippen molar-refractivity contribution in [2.24, 2.45) is 0 Å². The molecule has 1 atom stereocenters. The van der Waals surface area contributed by atoms with Crippen LogP contribution in [0.1, 0.15) is 136 Å². The van der Waals surface area contributed by atoms with E-state index < -0.39 is 18.4 Å². The predicted octanol–water partition coefficient (Wildman–Crippen LogP) is 6.90. The molecule has 38 heavy (non-hydrogen) atoms. The van der Waals surface area contributed by atoms with Crippen LogP contribution in [-0.2, 0) is 23.9 Å². The molecule has 8 heteroatoms. The van der Waals surface area contributed by atoms with E-state index in [-0.39, 0.29) is 18.2 Å². The molecule has 0 rings (SSSR count). The Hall–Kier alpha value is -2.38. The zero-order chi connectivity index (χ0) is 28.3. The largest absolute Gasteiger partial charge is 0.425 e. The van der Waals surface area contributed by atoms with Gasteiger partial charge in [-0.05, 0) is 44.9 Å². The van der Waals surface area contributed by atoms with Gasteiger partial charge >= 0.3 is 12.1 Å². The van der Waals surface area contributed by atoms with Crippen molar-refractivity contribution in [3.8, 4) is 0 Å². The van der Waals surface area contributed by atoms with Crippen molar-refractivity contribution >= 4 is 23.8 Å². The van der Waals surface area contributed by atoms with E-state index in [4.69, 9.17) is 9.47 Å². The van der Waals surface area contributed by atoms with E-state index in [1.807, 2.05) is 0 Å². The summed E-state index contributed by atoms with van der Waals surface area (Å²) in [7, 11) is 1.60. The molecule has 0 heterocycles. The number of carbonyl (C=O) groups is 4. The van der Waals surface area contributed by atoms with E-state index in [2.05, 4.69) is 29.7 Å². The summed E-state index contributed by atoms with van der Waals surface area (Å²) in [5.41, 5.74) is 0. The molecule has 0 bridgehead atoms. The van der Waals surface area contributed by atoms with Crippen LogP contribution in [0.3, 0.4) is 0 Å². The van der Waals surface area contributed by atoms with Crippen LogP contribution in [0.15, 0.2) is 12.2 Å². The molecule has 0 aromatic heterocycles. The van der Waals surface area contributed by atoms with Crippen molar-refractivity contribution in [1.29, 1.82) is 0 Å². The summed E-state index contributed by atoms with van der Waals surface area (Å²) < 4.78 is 10.1. The summed E-state index contributed by atoms with van der Waals surface area (Å²) in [6.07, 6.45) is 21.6. The zero-order valence-corrected chi connectivity index (χ0v) is 24.3. The van der Waals surface area contributed by atoms with Crippen LogP contribution in [-0.4, -0.2) is 43.6 Å². The van der Waals surface area contributed by atoms with E-state index in [1.165, 1.54) is 58.3 Å². The quantitative estimate of drug-likeness (QED) is 0.0566. The molecular formula is C30H54N2O6. The lowest BCUT2D eigenvalue weighted by atomic mass is 10.1. The maximum Gasteiger partial charge on any atom is 0.410 e. The van der Waals surface area contributed by atoms with Gasteiger partial charge in [-0.3, -0.25) is 14.4 Å². The molecule has 0 aliphatic heterocycles. The molecule has 1 unspecified atom stereocenters. The third kappa shape index (κ3) is 25.3. The highest BCUT2D eigenvalue weighted by molar-refractivity contribution is 5.84. The summed E-state index contributed by atoms with van der Waals surface area (Å²) in [6.45, 7) is 3.59. The van der Waals surface area contributed by atoms with E-state index in [9.17, 15) is 19.2 Å². The van der Waals surface area contributed by atoms with Crippen molar-refractivity contribution < 1.29 is 28.7 Å². The van der Waals surface area contributed by atoms with Crippen LogP contribution in [0.25, 0.3) is 0 Å². The Balaban J connectivity index is 3.61. The summed E-state index contributed by atoms with van der Waals surface area (Å²) in [5, 5.41) is 4.94. The van der Waals surface area contributed by atoms with Crippen LogP contribution in [0.4, 0.5) is 4.79 Å². The number of alkyl carbamates (subject to hydrolysis) is 1. The molecule has 2 amide bonds. The summed E-state index contributed by atoms with van der Waals surface area (Å²) in [4.78, 5) is 46.7. The van der Waals surface area contributed by atoms with Gasteiger partial charge in [0.2, 0.25) is 12.2 Å². The molecule has 0 saturated heterocycles. The topological polar surface area (TPSA) is 111 Å². The Kier molecular flexibility index (Phi) is 24.6. The number of unbranched alkanes of at least 4 members (excludes halogenated alkanes) is 13. The Morgan fingerprint density at radius 2 is 1.21 bits per heavy atom. The number of nitrogens with one attached hydrogen (secondary N) is 2. The van der Waals surface area contributed by atoms with E-state index in [0.29, 0.717) is 25.7 Å². The standard InChI is InChI=1S/C30H54N2O6/c1-4-5-6-7-8-9-10-11-12-13-14-15-16-17-21-24-29(35)37-26(2)38-30(36)32-25-27(33)22-19-18-20-23-28(34)31-3/h11-12,26H,4-10,13-25H2,1-3H3,(H,31,34)(H,32,36). The maximum atomic E-state index is 11.9. The number of hydrogen-bond donors (Lipinski definition) is 2. The van der Waals surface area contributed by atoms with Crippen molar-refractivity contribution in [3.05, 3.63) is 12.2 Å². The van der Waals surface area contributed by atoms with Gasteiger partial charge in [-0.1, -0.05) is 76.9 Å². The third-order valence-corrected chi connectivity index (χ3v) is 6.28. The summed E-state index contributed by atoms with van der Waals surface area (Å²) in [5.74, 6) is -0.519. The first-order valence-corrected chi connectivity index (χ1v) is 14.9. The monoisotopic (exact) mass is 538 g/mol. The smallest absolute Gasteiger partial charge is 0.410 e. The van der Waals surface area contributed by atoms with E-state index >= 15 is 0 Å². The SMILES string of the molecule is CCCCCCCCC=CCCCCCCCC(=O)OC(C)OC(=O)NCC(=O)CCCCCC(=O)NC. The normalized spacial score (nSPS) is 11.8. The molecule has 8 nitrogen and oxygen atoms in total. The molecule has 0 aromatic carbocycles. The van der Waals surface area contributed by atoms with Crippen LogP contribution >= 0.6 is 0 Å². The first-order chi connectivity index (χ1) is 18.4. The van der Waals surface area contributed by atoms with Crippen LogP contribution in [0.2, 0.25) is 0 Å². The zero-order valence-electron chi connectivity index (χ0n) is 24.3. The number of rotatable bonds is 25. The number of ether oxygens (including phenoxy) is 2. The Morgan fingerprint density at radius 3 is 1.84 bits per heavy atom. The van der Waals surface area contributed by atoms with Gasteiger partial charge in [0.05, 0.1) is 6.54 Å². The van der Waals surface area contributed by atoms with Gasteiger partial charge in [-0.2, -0.15) is 0 Å². The average Bonchev–Trinajstić information content (AvgIpc) is 2.89. The minimum Gasteiger partial charge on any atom is -0.425 e. The second-order valence-electron chi connectivity index (χ2n) is 9.92. The Bertz CT molecular complexity index is 665. The van der Waals surface area contributed by atoms with Gasteiger partial charge in [-0.25, -0.2) is 4.79 Å². The lowest BCUT2D eigenvalue weighted by molar-refractivity contribution is -0.165. The molecule has 0 fully saturated rings. The highest BCUT2D eigenvalue weighted by atomic mass is 16.7. The number of amides is 2. The fraction of sp³-hybridized carbons (Fsp3) is 0.800. The second kappa shape index (κ2) is 26.2. The number of ketones is 1. The molecule has 220 valence electrons. The molecule has 0 saturated carbocycles. The van der Waals surface area contributed by atoms with Gasteiger partial charge in [0, 0.05) is 33.2 Å². The fourth-order valence-electron chi connectivity index (χ4n) is 3.97. The number of carbonyl (C=O) groups excluding carboxylic acids is 4. The van der Waals surface area contributed by atoms with Gasteiger partial charge in [0.25, 0.3) is 0 Å². The molecule has 0 aromatic rings. The average molecular weight is 539 g/mol. The number of allylic oxidation sites excluding steroid dienone is 2. The minimum absolute atomic E-state index is 0.0109. The molecule has 0 aliphatic carbocycles.